The molecule has 1 heterocycles. The summed E-state index contributed by atoms with van der Waals surface area (Å²) in [6.07, 6.45) is 3.06. The first kappa shape index (κ1) is 15.4. The molecule has 0 spiro atoms. The van der Waals surface area contributed by atoms with E-state index < -0.39 is 0 Å². The highest BCUT2D eigenvalue weighted by Gasteiger charge is 2.35. The third-order valence-corrected chi connectivity index (χ3v) is 3.23. The lowest BCUT2D eigenvalue weighted by Gasteiger charge is -2.20. The zero-order chi connectivity index (χ0) is 13.5. The number of hydrogen-bond acceptors (Lipinski definition) is 3. The molecule has 0 aromatic heterocycles. The van der Waals surface area contributed by atoms with Gasteiger partial charge in [-0.05, 0) is 32.1 Å². The van der Waals surface area contributed by atoms with Gasteiger partial charge >= 0.3 is 0 Å². The first-order valence-electron chi connectivity index (χ1n) is 7.20. The maximum absolute atomic E-state index is 12.2. The molecule has 1 saturated heterocycles. The highest BCUT2D eigenvalue weighted by molar-refractivity contribution is 5.84. The smallest absolute Gasteiger partial charge is 0.241 e. The summed E-state index contributed by atoms with van der Waals surface area (Å²) in [5.41, 5.74) is 0. The molecule has 0 aliphatic carbocycles. The number of hydrogen-bond donors (Lipinski definition) is 1. The van der Waals surface area contributed by atoms with Crippen LogP contribution >= 0.6 is 0 Å². The van der Waals surface area contributed by atoms with Crippen LogP contribution in [0, 0.1) is 5.92 Å². The Balaban J connectivity index is 2.30. The fourth-order valence-corrected chi connectivity index (χ4v) is 2.37. The molecule has 106 valence electrons. The second-order valence-electron chi connectivity index (χ2n) is 5.52. The van der Waals surface area contributed by atoms with Crippen molar-refractivity contribution >= 4 is 5.91 Å². The van der Waals surface area contributed by atoms with Gasteiger partial charge < -0.3 is 9.64 Å². The topological polar surface area (TPSA) is 41.6 Å². The summed E-state index contributed by atoms with van der Waals surface area (Å²) in [6.45, 7) is 10.8. The molecule has 1 N–H and O–H groups in total. The Kier molecular flexibility index (Phi) is 6.65. The van der Waals surface area contributed by atoms with Gasteiger partial charge in [0.15, 0.2) is 0 Å². The van der Waals surface area contributed by atoms with Crippen molar-refractivity contribution in [2.45, 2.75) is 59.2 Å². The van der Waals surface area contributed by atoms with Crippen LogP contribution in [0.15, 0.2) is 0 Å². The monoisotopic (exact) mass is 256 g/mol. The first-order valence-corrected chi connectivity index (χ1v) is 7.20. The molecule has 1 aliphatic heterocycles. The zero-order valence-electron chi connectivity index (χ0n) is 12.2. The van der Waals surface area contributed by atoms with E-state index in [4.69, 9.17) is 4.74 Å². The van der Waals surface area contributed by atoms with Crippen molar-refractivity contribution < 1.29 is 9.53 Å². The standard InChI is InChI=1S/C14H28N2O2/c1-5-8-18-9-6-7-16-12(4)15-13(14(16)17)10-11(2)3/h11-13,15H,5-10H2,1-4H3. The van der Waals surface area contributed by atoms with E-state index in [1.165, 1.54) is 0 Å². The van der Waals surface area contributed by atoms with Crippen LogP contribution in [0.4, 0.5) is 0 Å². The zero-order valence-corrected chi connectivity index (χ0v) is 12.2. The number of carbonyl (C=O) groups is 1. The molecule has 2 unspecified atom stereocenters. The van der Waals surface area contributed by atoms with Crippen LogP contribution in [0.25, 0.3) is 0 Å². The largest absolute Gasteiger partial charge is 0.381 e. The Hall–Kier alpha value is -0.610. The highest BCUT2D eigenvalue weighted by Crippen LogP contribution is 2.16. The molecule has 1 amide bonds. The van der Waals surface area contributed by atoms with Gasteiger partial charge in [-0.1, -0.05) is 20.8 Å². The number of nitrogens with zero attached hydrogens (tertiary/aromatic N) is 1. The van der Waals surface area contributed by atoms with Crippen molar-refractivity contribution in [2.75, 3.05) is 19.8 Å². The molecular formula is C14H28N2O2. The summed E-state index contributed by atoms with van der Waals surface area (Å²) >= 11 is 0. The Bertz CT molecular complexity index is 256. The van der Waals surface area contributed by atoms with E-state index in [1.54, 1.807) is 0 Å². The molecule has 0 aromatic rings. The fraction of sp³-hybridized carbons (Fsp3) is 0.929. The summed E-state index contributed by atoms with van der Waals surface area (Å²) in [7, 11) is 0. The summed E-state index contributed by atoms with van der Waals surface area (Å²) in [4.78, 5) is 14.1. The van der Waals surface area contributed by atoms with E-state index in [9.17, 15) is 4.79 Å². The molecule has 4 nitrogen and oxygen atoms in total. The van der Waals surface area contributed by atoms with E-state index in [0.29, 0.717) is 5.92 Å². The van der Waals surface area contributed by atoms with Crippen molar-refractivity contribution in [1.29, 1.82) is 0 Å². The number of nitrogens with one attached hydrogen (secondary N) is 1. The maximum Gasteiger partial charge on any atom is 0.241 e. The molecule has 0 saturated carbocycles. The van der Waals surface area contributed by atoms with Crippen LogP contribution in [0.5, 0.6) is 0 Å². The van der Waals surface area contributed by atoms with Gasteiger partial charge in [-0.2, -0.15) is 0 Å². The van der Waals surface area contributed by atoms with Crippen LogP contribution in [-0.4, -0.2) is 42.8 Å². The van der Waals surface area contributed by atoms with Crippen LogP contribution < -0.4 is 5.32 Å². The number of ether oxygens (including phenoxy) is 1. The normalized spacial score (nSPS) is 24.3. The van der Waals surface area contributed by atoms with Gasteiger partial charge in [0.05, 0.1) is 12.2 Å². The van der Waals surface area contributed by atoms with Gasteiger partial charge in [0, 0.05) is 19.8 Å². The Morgan fingerprint density at radius 1 is 1.39 bits per heavy atom. The lowest BCUT2D eigenvalue weighted by atomic mass is 10.0. The summed E-state index contributed by atoms with van der Waals surface area (Å²) in [5.74, 6) is 0.804. The van der Waals surface area contributed by atoms with E-state index in [2.05, 4.69) is 33.0 Å². The molecule has 2 atom stereocenters. The van der Waals surface area contributed by atoms with Gasteiger partial charge in [-0.15, -0.1) is 0 Å². The Morgan fingerprint density at radius 2 is 2.11 bits per heavy atom. The second kappa shape index (κ2) is 7.74. The molecular weight excluding hydrogens is 228 g/mol. The molecule has 18 heavy (non-hydrogen) atoms. The van der Waals surface area contributed by atoms with Crippen molar-refractivity contribution in [2.24, 2.45) is 5.92 Å². The maximum atomic E-state index is 12.2. The third kappa shape index (κ3) is 4.58. The van der Waals surface area contributed by atoms with Crippen LogP contribution in [0.1, 0.15) is 47.0 Å². The Morgan fingerprint density at radius 3 is 2.72 bits per heavy atom. The van der Waals surface area contributed by atoms with E-state index >= 15 is 0 Å². The number of amides is 1. The molecule has 0 radical (unpaired) electrons. The number of carbonyl (C=O) groups excluding carboxylic acids is 1. The minimum atomic E-state index is 0.0107. The molecule has 1 aliphatic rings. The Labute approximate surface area is 111 Å². The molecule has 0 bridgehead atoms. The van der Waals surface area contributed by atoms with Crippen molar-refractivity contribution in [3.05, 3.63) is 0 Å². The van der Waals surface area contributed by atoms with Gasteiger partial charge in [0.1, 0.15) is 0 Å². The molecule has 0 aromatic carbocycles. The van der Waals surface area contributed by atoms with Gasteiger partial charge in [0.2, 0.25) is 5.91 Å². The van der Waals surface area contributed by atoms with Crippen LogP contribution in [0.3, 0.4) is 0 Å². The van der Waals surface area contributed by atoms with Crippen molar-refractivity contribution in [1.82, 2.24) is 10.2 Å². The van der Waals surface area contributed by atoms with Crippen LogP contribution in [-0.2, 0) is 9.53 Å². The van der Waals surface area contributed by atoms with Crippen molar-refractivity contribution in [3.8, 4) is 0 Å². The average molecular weight is 256 g/mol. The van der Waals surface area contributed by atoms with Gasteiger partial charge in [-0.25, -0.2) is 0 Å². The lowest BCUT2D eigenvalue weighted by molar-refractivity contribution is -0.130. The second-order valence-corrected chi connectivity index (χ2v) is 5.52. The van der Waals surface area contributed by atoms with E-state index in [-0.39, 0.29) is 18.1 Å². The highest BCUT2D eigenvalue weighted by atomic mass is 16.5. The quantitative estimate of drug-likeness (QED) is 0.675. The van der Waals surface area contributed by atoms with Crippen LogP contribution in [0.2, 0.25) is 0 Å². The average Bonchev–Trinajstić information content (AvgIpc) is 2.55. The predicted octanol–water partition coefficient (Wildman–Crippen LogP) is 2.00. The van der Waals surface area contributed by atoms with E-state index in [1.807, 2.05) is 4.90 Å². The minimum Gasteiger partial charge on any atom is -0.381 e. The van der Waals surface area contributed by atoms with Gasteiger partial charge in [-0.3, -0.25) is 10.1 Å². The molecule has 1 fully saturated rings. The molecule has 1 rings (SSSR count). The SMILES string of the molecule is CCCOCCCN1C(=O)C(CC(C)C)NC1C. The van der Waals surface area contributed by atoms with E-state index in [0.717, 1.165) is 39.0 Å². The number of rotatable bonds is 8. The summed E-state index contributed by atoms with van der Waals surface area (Å²) in [5, 5.41) is 3.37. The summed E-state index contributed by atoms with van der Waals surface area (Å²) < 4.78 is 5.45. The lowest BCUT2D eigenvalue weighted by Crippen LogP contribution is -2.35. The first-order chi connectivity index (χ1) is 8.56. The minimum absolute atomic E-state index is 0.0107. The van der Waals surface area contributed by atoms with Gasteiger partial charge in [0.25, 0.3) is 0 Å². The van der Waals surface area contributed by atoms with Crippen molar-refractivity contribution in [3.63, 3.8) is 0 Å². The summed E-state index contributed by atoms with van der Waals surface area (Å²) in [6, 6.07) is 0.0107. The third-order valence-electron chi connectivity index (χ3n) is 3.23. The fourth-order valence-electron chi connectivity index (χ4n) is 2.37. The molecule has 4 heteroatoms. The predicted molar refractivity (Wildman–Crippen MR) is 73.3 cm³/mol.